The molecule has 2 heteroatoms. The average Bonchev–Trinajstić information content (AvgIpc) is 2.13. The summed E-state index contributed by atoms with van der Waals surface area (Å²) in [5.74, 6) is 0.132. The van der Waals surface area contributed by atoms with Crippen molar-refractivity contribution in [3.8, 4) is 5.75 Å². The Kier molecular flexibility index (Phi) is 3.74. The molecule has 0 aromatic heterocycles. The van der Waals surface area contributed by atoms with Crippen molar-refractivity contribution in [2.75, 3.05) is 6.61 Å². The van der Waals surface area contributed by atoms with Crippen molar-refractivity contribution in [1.29, 1.82) is 0 Å². The predicted molar refractivity (Wildman–Crippen MR) is 51.5 cm³/mol. The van der Waals surface area contributed by atoms with Gasteiger partial charge in [0.2, 0.25) is 0 Å². The minimum absolute atomic E-state index is 0.237. The maximum Gasteiger partial charge on any atom is 0.167 e. The number of hydrogen-bond acceptors (Lipinski definition) is 1. The zero-order valence-electron chi connectivity index (χ0n) is 8.14. The molecule has 1 nitrogen and oxygen atoms in total. The van der Waals surface area contributed by atoms with E-state index in [9.17, 15) is 4.39 Å². The van der Waals surface area contributed by atoms with Gasteiger partial charge in [-0.15, -0.1) is 0 Å². The van der Waals surface area contributed by atoms with Crippen LogP contribution in [-0.2, 0) is 0 Å². The molecule has 1 aromatic carbocycles. The van der Waals surface area contributed by atoms with Crippen LogP contribution in [0.4, 0.5) is 4.39 Å². The van der Waals surface area contributed by atoms with Gasteiger partial charge in [-0.3, -0.25) is 0 Å². The molecule has 0 amide bonds. The minimum atomic E-state index is -0.237. The van der Waals surface area contributed by atoms with Crippen LogP contribution in [0.15, 0.2) is 18.2 Å². The molecular weight excluding hydrogens is 167 g/mol. The summed E-state index contributed by atoms with van der Waals surface area (Å²) < 4.78 is 18.6. The fourth-order valence-corrected chi connectivity index (χ4v) is 1.06. The van der Waals surface area contributed by atoms with E-state index in [2.05, 4.69) is 6.92 Å². The van der Waals surface area contributed by atoms with Gasteiger partial charge in [0.1, 0.15) is 0 Å². The van der Waals surface area contributed by atoms with Gasteiger partial charge in [0.25, 0.3) is 0 Å². The smallest absolute Gasteiger partial charge is 0.167 e. The highest BCUT2D eigenvalue weighted by Gasteiger charge is 2.04. The minimum Gasteiger partial charge on any atom is -0.491 e. The van der Waals surface area contributed by atoms with E-state index in [4.69, 9.17) is 4.74 Å². The van der Waals surface area contributed by atoms with Crippen molar-refractivity contribution in [3.63, 3.8) is 0 Å². The quantitative estimate of drug-likeness (QED) is 0.649. The number of ether oxygens (including phenoxy) is 1. The Balaban J connectivity index is 2.61. The van der Waals surface area contributed by atoms with Crippen molar-refractivity contribution in [1.82, 2.24) is 0 Å². The predicted octanol–water partition coefficient (Wildman–Crippen LogP) is 3.31. The van der Waals surface area contributed by atoms with Gasteiger partial charge in [0, 0.05) is 0 Å². The third kappa shape index (κ3) is 2.72. The summed E-state index contributed by atoms with van der Waals surface area (Å²) in [7, 11) is 0. The lowest BCUT2D eigenvalue weighted by atomic mass is 10.2. The molecular formula is C11H15FO. The summed E-state index contributed by atoms with van der Waals surface area (Å²) in [4.78, 5) is 0. The van der Waals surface area contributed by atoms with Crippen LogP contribution in [0.25, 0.3) is 0 Å². The van der Waals surface area contributed by atoms with Gasteiger partial charge in [-0.2, -0.15) is 0 Å². The van der Waals surface area contributed by atoms with Crippen LogP contribution in [0.3, 0.4) is 0 Å². The zero-order chi connectivity index (χ0) is 9.68. The lowest BCUT2D eigenvalue weighted by molar-refractivity contribution is 0.293. The van der Waals surface area contributed by atoms with E-state index in [0.29, 0.717) is 17.9 Å². The normalized spacial score (nSPS) is 10.1. The Morgan fingerprint density at radius 3 is 2.85 bits per heavy atom. The highest BCUT2D eigenvalue weighted by molar-refractivity contribution is 5.29. The summed E-state index contributed by atoms with van der Waals surface area (Å²) in [6.45, 7) is 4.41. The molecule has 1 aromatic rings. The van der Waals surface area contributed by atoms with E-state index in [1.54, 1.807) is 25.1 Å². The van der Waals surface area contributed by atoms with E-state index >= 15 is 0 Å². The molecule has 1 rings (SSSR count). The van der Waals surface area contributed by atoms with Crippen molar-refractivity contribution >= 4 is 0 Å². The summed E-state index contributed by atoms with van der Waals surface area (Å²) in [5.41, 5.74) is 0.633. The maximum atomic E-state index is 13.3. The Morgan fingerprint density at radius 1 is 1.38 bits per heavy atom. The Morgan fingerprint density at radius 2 is 2.15 bits per heavy atom. The van der Waals surface area contributed by atoms with Crippen molar-refractivity contribution in [2.24, 2.45) is 0 Å². The molecule has 0 N–H and O–H groups in total. The Bertz CT molecular complexity index is 271. The molecule has 0 spiro atoms. The second-order valence-electron chi connectivity index (χ2n) is 3.09. The lowest BCUT2D eigenvalue weighted by Crippen LogP contribution is -1.99. The first-order valence-electron chi connectivity index (χ1n) is 4.63. The molecule has 0 saturated heterocycles. The maximum absolute atomic E-state index is 13.3. The first kappa shape index (κ1) is 10.0. The van der Waals surface area contributed by atoms with Gasteiger partial charge < -0.3 is 4.74 Å². The van der Waals surface area contributed by atoms with E-state index in [-0.39, 0.29) is 5.82 Å². The highest BCUT2D eigenvalue weighted by Crippen LogP contribution is 2.19. The van der Waals surface area contributed by atoms with Crippen LogP contribution < -0.4 is 4.74 Å². The second kappa shape index (κ2) is 4.85. The molecule has 0 radical (unpaired) electrons. The summed E-state index contributed by atoms with van der Waals surface area (Å²) in [6, 6.07) is 5.21. The van der Waals surface area contributed by atoms with Gasteiger partial charge in [0.15, 0.2) is 11.6 Å². The third-order valence-corrected chi connectivity index (χ3v) is 1.91. The number of aryl methyl sites for hydroxylation is 1. The van der Waals surface area contributed by atoms with E-state index < -0.39 is 0 Å². The molecule has 0 aliphatic heterocycles. The third-order valence-electron chi connectivity index (χ3n) is 1.91. The monoisotopic (exact) mass is 182 g/mol. The number of halogens is 1. The Labute approximate surface area is 78.5 Å². The molecule has 0 unspecified atom stereocenters. The molecule has 13 heavy (non-hydrogen) atoms. The molecule has 0 aliphatic rings. The summed E-state index contributed by atoms with van der Waals surface area (Å²) in [6.07, 6.45) is 2.03. The van der Waals surface area contributed by atoms with Crippen LogP contribution >= 0.6 is 0 Å². The standard InChI is InChI=1S/C11H15FO/c1-3-4-8-13-10-7-5-6-9(2)11(10)12/h5-7H,3-4,8H2,1-2H3. The van der Waals surface area contributed by atoms with Crippen LogP contribution in [0, 0.1) is 12.7 Å². The van der Waals surface area contributed by atoms with Gasteiger partial charge in [0.05, 0.1) is 6.61 Å². The number of benzene rings is 1. The van der Waals surface area contributed by atoms with Crippen LogP contribution in [0.2, 0.25) is 0 Å². The largest absolute Gasteiger partial charge is 0.491 e. The number of hydrogen-bond donors (Lipinski definition) is 0. The SMILES string of the molecule is CCCCOc1cccc(C)c1F. The van der Waals surface area contributed by atoms with Gasteiger partial charge >= 0.3 is 0 Å². The first-order chi connectivity index (χ1) is 6.25. The van der Waals surface area contributed by atoms with Gasteiger partial charge in [-0.25, -0.2) is 4.39 Å². The number of rotatable bonds is 4. The fourth-order valence-electron chi connectivity index (χ4n) is 1.06. The van der Waals surface area contributed by atoms with E-state index in [0.717, 1.165) is 12.8 Å². The van der Waals surface area contributed by atoms with Crippen LogP contribution in [0.1, 0.15) is 25.3 Å². The van der Waals surface area contributed by atoms with Crippen molar-refractivity contribution in [2.45, 2.75) is 26.7 Å². The molecule has 0 saturated carbocycles. The van der Waals surface area contributed by atoms with Gasteiger partial charge in [-0.1, -0.05) is 25.5 Å². The molecule has 0 atom stereocenters. The summed E-state index contributed by atoms with van der Waals surface area (Å²) >= 11 is 0. The molecule has 0 aliphatic carbocycles. The molecule has 72 valence electrons. The van der Waals surface area contributed by atoms with Crippen molar-refractivity contribution in [3.05, 3.63) is 29.6 Å². The van der Waals surface area contributed by atoms with Crippen LogP contribution in [-0.4, -0.2) is 6.61 Å². The summed E-state index contributed by atoms with van der Waals surface area (Å²) in [5, 5.41) is 0. The van der Waals surface area contributed by atoms with Crippen LogP contribution in [0.5, 0.6) is 5.75 Å². The highest BCUT2D eigenvalue weighted by atomic mass is 19.1. The molecule has 0 bridgehead atoms. The van der Waals surface area contributed by atoms with Gasteiger partial charge in [-0.05, 0) is 25.0 Å². The first-order valence-corrected chi connectivity index (χ1v) is 4.63. The molecule has 0 fully saturated rings. The Hall–Kier alpha value is -1.05. The van der Waals surface area contributed by atoms with E-state index in [1.165, 1.54) is 0 Å². The fraction of sp³-hybridized carbons (Fsp3) is 0.455. The molecule has 0 heterocycles. The topological polar surface area (TPSA) is 9.23 Å². The average molecular weight is 182 g/mol. The van der Waals surface area contributed by atoms with E-state index in [1.807, 2.05) is 0 Å². The second-order valence-corrected chi connectivity index (χ2v) is 3.09. The zero-order valence-corrected chi connectivity index (χ0v) is 8.14. The van der Waals surface area contributed by atoms with Crippen molar-refractivity contribution < 1.29 is 9.13 Å². The lowest BCUT2D eigenvalue weighted by Gasteiger charge is -2.07. The number of unbranched alkanes of at least 4 members (excludes halogenated alkanes) is 1.